The number of nitrogens with zero attached hydrogens (tertiary/aromatic N) is 1. The summed E-state index contributed by atoms with van der Waals surface area (Å²) in [5, 5.41) is 16.9. The van der Waals surface area contributed by atoms with Crippen molar-refractivity contribution in [3.05, 3.63) is 63.7 Å². The monoisotopic (exact) mass is 319 g/mol. The summed E-state index contributed by atoms with van der Waals surface area (Å²) in [4.78, 5) is 22.2. The van der Waals surface area contributed by atoms with Crippen molar-refractivity contribution in [1.29, 1.82) is 0 Å². The van der Waals surface area contributed by atoms with E-state index in [-0.39, 0.29) is 24.6 Å². The fourth-order valence-electron chi connectivity index (χ4n) is 1.87. The maximum atomic E-state index is 11.8. The Labute approximate surface area is 132 Å². The van der Waals surface area contributed by atoms with Crippen LogP contribution in [0.2, 0.25) is 5.02 Å². The van der Waals surface area contributed by atoms with Gasteiger partial charge in [0.15, 0.2) is 0 Å². The van der Waals surface area contributed by atoms with E-state index in [9.17, 15) is 14.9 Å². The second-order valence-corrected chi connectivity index (χ2v) is 4.89. The third kappa shape index (κ3) is 4.20. The van der Waals surface area contributed by atoms with Crippen molar-refractivity contribution in [3.63, 3.8) is 0 Å². The topological polar surface area (TPSA) is 84.3 Å². The molecule has 0 aliphatic rings. The number of anilines is 2. The minimum atomic E-state index is -0.466. The molecule has 0 atom stereocenters. The van der Waals surface area contributed by atoms with Gasteiger partial charge in [0.2, 0.25) is 5.91 Å². The van der Waals surface area contributed by atoms with Crippen molar-refractivity contribution in [2.45, 2.75) is 6.42 Å². The molecule has 0 bridgehead atoms. The molecule has 2 aromatic rings. The average molecular weight is 320 g/mol. The Morgan fingerprint density at radius 2 is 1.73 bits per heavy atom. The molecule has 0 heterocycles. The summed E-state index contributed by atoms with van der Waals surface area (Å²) in [5.74, 6) is -0.223. The van der Waals surface area contributed by atoms with E-state index in [0.29, 0.717) is 16.4 Å². The van der Waals surface area contributed by atoms with E-state index in [1.165, 1.54) is 6.07 Å². The Kier molecular flexibility index (Phi) is 5.32. The van der Waals surface area contributed by atoms with Gasteiger partial charge in [-0.3, -0.25) is 14.9 Å². The van der Waals surface area contributed by atoms with Crippen LogP contribution in [0.25, 0.3) is 0 Å². The van der Waals surface area contributed by atoms with E-state index in [0.717, 1.165) is 0 Å². The molecule has 2 rings (SSSR count). The molecule has 0 unspecified atom stereocenters. The van der Waals surface area contributed by atoms with E-state index in [1.54, 1.807) is 42.5 Å². The summed E-state index contributed by atoms with van der Waals surface area (Å²) in [6.45, 7) is 0.279. The van der Waals surface area contributed by atoms with Gasteiger partial charge < -0.3 is 10.6 Å². The van der Waals surface area contributed by atoms with Crippen LogP contribution in [0, 0.1) is 10.1 Å². The van der Waals surface area contributed by atoms with Gasteiger partial charge in [0.25, 0.3) is 5.69 Å². The largest absolute Gasteiger partial charge is 0.379 e. The van der Waals surface area contributed by atoms with Crippen LogP contribution in [0.5, 0.6) is 0 Å². The van der Waals surface area contributed by atoms with E-state index >= 15 is 0 Å². The zero-order chi connectivity index (χ0) is 15.9. The number of nitro groups is 1. The van der Waals surface area contributed by atoms with Gasteiger partial charge in [-0.2, -0.15) is 0 Å². The Morgan fingerprint density at radius 3 is 2.41 bits per heavy atom. The van der Waals surface area contributed by atoms with E-state index in [4.69, 9.17) is 11.6 Å². The number of carbonyl (C=O) groups excluding carboxylic acids is 1. The van der Waals surface area contributed by atoms with E-state index in [1.807, 2.05) is 0 Å². The summed E-state index contributed by atoms with van der Waals surface area (Å²) in [5.41, 5.74) is 0.909. The maximum Gasteiger partial charge on any atom is 0.292 e. The van der Waals surface area contributed by atoms with Gasteiger partial charge in [-0.15, -0.1) is 0 Å². The molecular formula is C15H14ClN3O3. The molecular weight excluding hydrogens is 306 g/mol. The SMILES string of the molecule is O=C(CCNc1ccccc1[N+](=O)[O-])Nc1ccccc1Cl. The van der Waals surface area contributed by atoms with Crippen molar-refractivity contribution in [1.82, 2.24) is 0 Å². The highest BCUT2D eigenvalue weighted by Crippen LogP contribution is 2.23. The molecule has 0 aromatic heterocycles. The van der Waals surface area contributed by atoms with Crippen molar-refractivity contribution in [2.75, 3.05) is 17.2 Å². The van der Waals surface area contributed by atoms with Crippen LogP contribution in [0.1, 0.15) is 6.42 Å². The second kappa shape index (κ2) is 7.42. The molecule has 0 saturated heterocycles. The van der Waals surface area contributed by atoms with Crippen LogP contribution in [-0.4, -0.2) is 17.4 Å². The van der Waals surface area contributed by atoms with Gasteiger partial charge in [0.1, 0.15) is 5.69 Å². The van der Waals surface area contributed by atoms with Crippen molar-refractivity contribution < 1.29 is 9.72 Å². The molecule has 0 fully saturated rings. The highest BCUT2D eigenvalue weighted by Gasteiger charge is 2.12. The Morgan fingerprint density at radius 1 is 1.09 bits per heavy atom. The number of hydrogen-bond acceptors (Lipinski definition) is 4. The molecule has 114 valence electrons. The normalized spacial score (nSPS) is 10.0. The lowest BCUT2D eigenvalue weighted by molar-refractivity contribution is -0.384. The minimum Gasteiger partial charge on any atom is -0.379 e. The highest BCUT2D eigenvalue weighted by molar-refractivity contribution is 6.33. The van der Waals surface area contributed by atoms with Gasteiger partial charge in [0.05, 0.1) is 15.6 Å². The Hall–Kier alpha value is -2.60. The molecule has 7 heteroatoms. The summed E-state index contributed by atoms with van der Waals surface area (Å²) < 4.78 is 0. The zero-order valence-corrected chi connectivity index (χ0v) is 12.3. The highest BCUT2D eigenvalue weighted by atomic mass is 35.5. The molecule has 2 aromatic carbocycles. The van der Waals surface area contributed by atoms with Crippen LogP contribution in [0.15, 0.2) is 48.5 Å². The van der Waals surface area contributed by atoms with Crippen molar-refractivity contribution in [3.8, 4) is 0 Å². The predicted molar refractivity (Wildman–Crippen MR) is 86.3 cm³/mol. The summed E-state index contributed by atoms with van der Waals surface area (Å²) >= 11 is 5.95. The van der Waals surface area contributed by atoms with Crippen molar-refractivity contribution >= 4 is 34.6 Å². The van der Waals surface area contributed by atoms with Crippen LogP contribution >= 0.6 is 11.6 Å². The number of para-hydroxylation sites is 3. The Bertz CT molecular complexity index is 691. The lowest BCUT2D eigenvalue weighted by Gasteiger charge is -2.08. The zero-order valence-electron chi connectivity index (χ0n) is 11.6. The maximum absolute atomic E-state index is 11.8. The molecule has 22 heavy (non-hydrogen) atoms. The minimum absolute atomic E-state index is 0.0194. The third-order valence-electron chi connectivity index (χ3n) is 2.92. The summed E-state index contributed by atoms with van der Waals surface area (Å²) in [6.07, 6.45) is 0.164. The number of benzene rings is 2. The van der Waals surface area contributed by atoms with Crippen LogP contribution in [0.3, 0.4) is 0 Å². The van der Waals surface area contributed by atoms with Gasteiger partial charge in [-0.1, -0.05) is 35.9 Å². The first kappa shape index (κ1) is 15.8. The second-order valence-electron chi connectivity index (χ2n) is 4.48. The van der Waals surface area contributed by atoms with Gasteiger partial charge >= 0.3 is 0 Å². The first-order valence-electron chi connectivity index (χ1n) is 6.59. The van der Waals surface area contributed by atoms with Crippen molar-refractivity contribution in [2.24, 2.45) is 0 Å². The molecule has 0 spiro atoms. The molecule has 0 radical (unpaired) electrons. The number of halogens is 1. The van der Waals surface area contributed by atoms with E-state index < -0.39 is 4.92 Å². The number of nitro benzene ring substituents is 1. The van der Waals surface area contributed by atoms with Gasteiger partial charge in [-0.05, 0) is 18.2 Å². The number of nitrogens with one attached hydrogen (secondary N) is 2. The molecule has 6 nitrogen and oxygen atoms in total. The lowest BCUT2D eigenvalue weighted by Crippen LogP contribution is -2.16. The molecule has 0 aliphatic heterocycles. The first-order chi connectivity index (χ1) is 10.6. The van der Waals surface area contributed by atoms with Crippen LogP contribution in [0.4, 0.5) is 17.1 Å². The molecule has 2 N–H and O–H groups in total. The number of amides is 1. The number of rotatable bonds is 6. The number of hydrogen-bond donors (Lipinski definition) is 2. The average Bonchev–Trinajstić information content (AvgIpc) is 2.50. The fraction of sp³-hybridized carbons (Fsp3) is 0.133. The third-order valence-corrected chi connectivity index (χ3v) is 3.25. The van der Waals surface area contributed by atoms with Gasteiger partial charge in [0, 0.05) is 19.0 Å². The Balaban J connectivity index is 1.88. The molecule has 0 aliphatic carbocycles. The number of carbonyl (C=O) groups is 1. The lowest BCUT2D eigenvalue weighted by atomic mass is 10.2. The smallest absolute Gasteiger partial charge is 0.292 e. The summed E-state index contributed by atoms with van der Waals surface area (Å²) in [6, 6.07) is 13.2. The molecule has 0 saturated carbocycles. The molecule has 1 amide bonds. The first-order valence-corrected chi connectivity index (χ1v) is 6.97. The predicted octanol–water partition coefficient (Wildman–Crippen LogP) is 3.69. The van der Waals surface area contributed by atoms with Gasteiger partial charge in [-0.25, -0.2) is 0 Å². The van der Waals surface area contributed by atoms with E-state index in [2.05, 4.69) is 10.6 Å². The van der Waals surface area contributed by atoms with Crippen LogP contribution in [-0.2, 0) is 4.79 Å². The quantitative estimate of drug-likeness (QED) is 0.628. The fourth-order valence-corrected chi connectivity index (χ4v) is 2.05. The summed E-state index contributed by atoms with van der Waals surface area (Å²) in [7, 11) is 0. The van der Waals surface area contributed by atoms with Crippen LogP contribution < -0.4 is 10.6 Å². The standard InChI is InChI=1S/C15H14ClN3O3/c16-11-5-1-2-6-12(11)18-15(20)9-10-17-13-7-3-4-8-14(13)19(21)22/h1-8,17H,9-10H2,(H,18,20).